The quantitative estimate of drug-likeness (QED) is 0.254. The summed E-state index contributed by atoms with van der Waals surface area (Å²) in [6.45, 7) is 2.48. The fraction of sp³-hybridized carbons (Fsp3) is 0.120. The van der Waals surface area contributed by atoms with Crippen molar-refractivity contribution in [3.63, 3.8) is 0 Å². The van der Waals surface area contributed by atoms with Crippen LogP contribution in [-0.4, -0.2) is 11.9 Å². The lowest BCUT2D eigenvalue weighted by molar-refractivity contribution is -0.162. The Morgan fingerprint density at radius 2 is 1.56 bits per heavy atom. The third-order valence-electron chi connectivity index (χ3n) is 5.13. The molecule has 1 aliphatic rings. The molecule has 34 heavy (non-hydrogen) atoms. The van der Waals surface area contributed by atoms with Crippen molar-refractivity contribution < 1.29 is 32.6 Å². The van der Waals surface area contributed by atoms with E-state index in [1.807, 2.05) is 0 Å². The van der Waals surface area contributed by atoms with Gasteiger partial charge in [-0.25, -0.2) is 9.59 Å². The molecule has 0 bridgehead atoms. The molecule has 0 spiro atoms. The molecule has 3 heterocycles. The lowest BCUT2D eigenvalue weighted by Crippen LogP contribution is -2.22. The Morgan fingerprint density at radius 3 is 2.32 bits per heavy atom. The molecule has 0 saturated carbocycles. The molecule has 2 aromatic heterocycles. The van der Waals surface area contributed by atoms with Crippen LogP contribution in [0.3, 0.4) is 0 Å². The normalized spacial score (nSPS) is 14.0. The summed E-state index contributed by atoms with van der Waals surface area (Å²) in [6, 6.07) is 14.2. The zero-order valence-corrected chi connectivity index (χ0v) is 17.9. The van der Waals surface area contributed by atoms with Crippen molar-refractivity contribution in [2.24, 2.45) is 0 Å². The average Bonchev–Trinajstić information content (AvgIpc) is 2.78. The number of carbonyl (C=O) groups is 2. The lowest BCUT2D eigenvalue weighted by Gasteiger charge is -2.26. The summed E-state index contributed by atoms with van der Waals surface area (Å²) in [5.41, 5.74) is -0.768. The molecular weight excluding hydrogens is 444 g/mol. The van der Waals surface area contributed by atoms with Crippen molar-refractivity contribution >= 4 is 22.9 Å². The van der Waals surface area contributed by atoms with Gasteiger partial charge >= 0.3 is 23.2 Å². The van der Waals surface area contributed by atoms with Crippen molar-refractivity contribution in [1.82, 2.24) is 0 Å². The Balaban J connectivity index is 1.67. The molecule has 0 amide bonds. The minimum absolute atomic E-state index is 0.0512. The van der Waals surface area contributed by atoms with Gasteiger partial charge in [-0.15, -0.1) is 0 Å². The van der Waals surface area contributed by atoms with Crippen molar-refractivity contribution in [3.8, 4) is 33.9 Å². The predicted molar refractivity (Wildman–Crippen MR) is 118 cm³/mol. The van der Waals surface area contributed by atoms with Gasteiger partial charge in [0.05, 0.1) is 22.3 Å². The molecule has 2 aromatic carbocycles. The van der Waals surface area contributed by atoms with E-state index in [4.69, 9.17) is 23.0 Å². The third kappa shape index (κ3) is 3.73. The zero-order chi connectivity index (χ0) is 24.0. The smallest absolute Gasteiger partial charge is 0.344 e. The second-order valence-corrected chi connectivity index (χ2v) is 7.53. The summed E-state index contributed by atoms with van der Waals surface area (Å²) in [7, 11) is 0. The van der Waals surface area contributed by atoms with E-state index in [-0.39, 0.29) is 33.8 Å². The van der Waals surface area contributed by atoms with Gasteiger partial charge in [-0.2, -0.15) is 0 Å². The van der Waals surface area contributed by atoms with E-state index in [1.54, 1.807) is 30.3 Å². The van der Waals surface area contributed by atoms with Crippen LogP contribution in [0.15, 0.2) is 73.0 Å². The summed E-state index contributed by atoms with van der Waals surface area (Å²) in [5, 5.41) is 0.487. The molecule has 9 heteroatoms. The standard InChI is InChI=1S/C25H16O9/c1-12(26)30-15-8-7-14-9-17(23(28)32-21(14)10-15)18-11-19-22(34-24(18)29)16-5-3-4-6-20(16)33-25(19)31-13(2)27/h3-11,25H,1-2H3. The summed E-state index contributed by atoms with van der Waals surface area (Å²) < 4.78 is 27.1. The van der Waals surface area contributed by atoms with Crippen LogP contribution in [0, 0.1) is 0 Å². The largest absolute Gasteiger partial charge is 0.450 e. The number of fused-ring (bicyclic) bond motifs is 4. The van der Waals surface area contributed by atoms with Crippen LogP contribution in [0.2, 0.25) is 0 Å². The Hall–Kier alpha value is -4.66. The molecule has 0 fully saturated rings. The maximum atomic E-state index is 12.9. The van der Waals surface area contributed by atoms with Gasteiger partial charge < -0.3 is 23.0 Å². The highest BCUT2D eigenvalue weighted by molar-refractivity contribution is 5.84. The van der Waals surface area contributed by atoms with E-state index in [1.165, 1.54) is 38.1 Å². The van der Waals surface area contributed by atoms with E-state index >= 15 is 0 Å². The number of esters is 2. The summed E-state index contributed by atoms with van der Waals surface area (Å²) in [6.07, 6.45) is -1.18. The topological polar surface area (TPSA) is 122 Å². The third-order valence-corrected chi connectivity index (χ3v) is 5.13. The van der Waals surface area contributed by atoms with Crippen LogP contribution in [0.25, 0.3) is 33.4 Å². The average molecular weight is 460 g/mol. The van der Waals surface area contributed by atoms with Crippen molar-refractivity contribution in [2.75, 3.05) is 0 Å². The van der Waals surface area contributed by atoms with Crippen LogP contribution < -0.4 is 20.7 Å². The minimum Gasteiger partial charge on any atom is -0.450 e. The molecule has 1 aliphatic heterocycles. The first-order chi connectivity index (χ1) is 16.3. The van der Waals surface area contributed by atoms with Gasteiger partial charge in [-0.05, 0) is 36.4 Å². The van der Waals surface area contributed by atoms with E-state index in [9.17, 15) is 19.2 Å². The lowest BCUT2D eigenvalue weighted by atomic mass is 9.99. The molecule has 1 atom stereocenters. The van der Waals surface area contributed by atoms with Gasteiger partial charge in [0.2, 0.25) is 0 Å². The van der Waals surface area contributed by atoms with Crippen molar-refractivity contribution in [1.29, 1.82) is 0 Å². The first kappa shape index (κ1) is 21.2. The Labute approximate surface area is 191 Å². The monoisotopic (exact) mass is 460 g/mol. The molecule has 0 saturated heterocycles. The maximum absolute atomic E-state index is 12.9. The number of benzene rings is 2. The van der Waals surface area contributed by atoms with Crippen molar-refractivity contribution in [3.05, 3.63) is 81.0 Å². The number of hydrogen-bond donors (Lipinski definition) is 0. The van der Waals surface area contributed by atoms with Crippen LogP contribution in [0.4, 0.5) is 0 Å². The zero-order valence-electron chi connectivity index (χ0n) is 17.9. The molecule has 1 unspecified atom stereocenters. The Kier molecular flexibility index (Phi) is 5.01. The van der Waals surface area contributed by atoms with Crippen LogP contribution in [0.1, 0.15) is 25.7 Å². The van der Waals surface area contributed by atoms with Gasteiger partial charge in [-0.1, -0.05) is 12.1 Å². The molecule has 170 valence electrons. The number of carbonyl (C=O) groups excluding carboxylic acids is 2. The Bertz CT molecular complexity index is 1590. The molecular formula is C25H16O9. The highest BCUT2D eigenvalue weighted by Crippen LogP contribution is 2.43. The molecule has 0 radical (unpaired) electrons. The van der Waals surface area contributed by atoms with E-state index in [0.29, 0.717) is 16.7 Å². The van der Waals surface area contributed by atoms with E-state index in [0.717, 1.165) is 0 Å². The van der Waals surface area contributed by atoms with Gasteiger partial charge in [0.25, 0.3) is 6.29 Å². The highest BCUT2D eigenvalue weighted by atomic mass is 16.7. The second-order valence-electron chi connectivity index (χ2n) is 7.53. The fourth-order valence-corrected chi connectivity index (χ4v) is 3.74. The number of rotatable bonds is 3. The first-order valence-electron chi connectivity index (χ1n) is 10.2. The molecule has 5 rings (SSSR count). The summed E-state index contributed by atoms with van der Waals surface area (Å²) >= 11 is 0. The highest BCUT2D eigenvalue weighted by Gasteiger charge is 2.32. The minimum atomic E-state index is -1.18. The Morgan fingerprint density at radius 1 is 0.824 bits per heavy atom. The maximum Gasteiger partial charge on any atom is 0.344 e. The molecule has 9 nitrogen and oxygen atoms in total. The fourth-order valence-electron chi connectivity index (χ4n) is 3.74. The van der Waals surface area contributed by atoms with Crippen LogP contribution in [-0.2, 0) is 14.3 Å². The van der Waals surface area contributed by atoms with Gasteiger partial charge in [0.1, 0.15) is 17.1 Å². The van der Waals surface area contributed by atoms with E-state index in [2.05, 4.69) is 0 Å². The van der Waals surface area contributed by atoms with Crippen molar-refractivity contribution in [2.45, 2.75) is 20.1 Å². The van der Waals surface area contributed by atoms with Gasteiger partial charge in [-0.3, -0.25) is 9.59 Å². The SMILES string of the molecule is CC(=O)Oc1ccc2cc(-c3cc4c(oc3=O)-c3ccccc3OC4OC(C)=O)c(=O)oc2c1. The summed E-state index contributed by atoms with van der Waals surface area (Å²) in [4.78, 5) is 48.6. The first-order valence-corrected chi connectivity index (χ1v) is 10.2. The number of ether oxygens (including phenoxy) is 3. The predicted octanol–water partition coefficient (Wildman–Crippen LogP) is 3.96. The molecule has 4 aromatic rings. The molecule has 0 N–H and O–H groups in total. The number of hydrogen-bond acceptors (Lipinski definition) is 9. The van der Waals surface area contributed by atoms with Gasteiger partial charge in [0.15, 0.2) is 5.76 Å². The van der Waals surface area contributed by atoms with Crippen LogP contribution >= 0.6 is 0 Å². The molecule has 0 aliphatic carbocycles. The second kappa shape index (κ2) is 8.04. The van der Waals surface area contributed by atoms with Crippen LogP contribution in [0.5, 0.6) is 11.5 Å². The summed E-state index contributed by atoms with van der Waals surface area (Å²) in [5.74, 6) is -0.346. The number of para-hydroxylation sites is 1. The van der Waals surface area contributed by atoms with Gasteiger partial charge in [0, 0.05) is 25.3 Å². The van der Waals surface area contributed by atoms with E-state index < -0.39 is 29.5 Å².